The Kier molecular flexibility index (Phi) is 23.8. The molecule has 23 rings (SSSR count). The first-order valence-corrected chi connectivity index (χ1v) is 47.9. The van der Waals surface area contributed by atoms with Gasteiger partial charge in [-0.05, 0) is 217 Å². The van der Waals surface area contributed by atoms with Gasteiger partial charge in [0.25, 0.3) is 0 Å². The van der Waals surface area contributed by atoms with Crippen LogP contribution in [0.15, 0.2) is 343 Å². The highest BCUT2D eigenvalue weighted by Crippen LogP contribution is 2.58. The minimum Gasteiger partial charge on any atom is -0.405 e. The number of benzene rings is 15. The van der Waals surface area contributed by atoms with Crippen LogP contribution in [0.4, 0.5) is 0 Å². The Balaban J connectivity index is 0.000000112. The van der Waals surface area contributed by atoms with E-state index in [1.807, 2.05) is 201 Å². The Morgan fingerprint density at radius 3 is 0.836 bits per heavy atom. The quantitative estimate of drug-likeness (QED) is 0.127. The summed E-state index contributed by atoms with van der Waals surface area (Å²) >= 11 is 7.26. The molecule has 3 saturated heterocycles. The van der Waals surface area contributed by atoms with Crippen molar-refractivity contribution in [1.29, 1.82) is 0 Å². The molecule has 12 nitrogen and oxygen atoms in total. The zero-order chi connectivity index (χ0) is 93.8. The molecule has 0 saturated carbocycles. The average molecular weight is 1890 g/mol. The lowest BCUT2D eigenvalue weighted by Gasteiger charge is -2.32. The number of aromatic nitrogens is 6. The lowest BCUT2D eigenvalue weighted by molar-refractivity contribution is 0.00578. The molecule has 0 radical (unpaired) electrons. The maximum atomic E-state index is 6.49. The van der Waals surface area contributed by atoms with E-state index in [0.717, 1.165) is 43.3 Å². The van der Waals surface area contributed by atoms with Crippen LogP contribution in [-0.4, -0.2) is 84.6 Å². The van der Waals surface area contributed by atoms with Crippen molar-refractivity contribution in [3.05, 3.63) is 376 Å². The number of hydrogen-bond donors (Lipinski definition) is 0. The van der Waals surface area contributed by atoms with Gasteiger partial charge in [0.15, 0.2) is 34.9 Å². The fourth-order valence-electron chi connectivity index (χ4n) is 19.6. The van der Waals surface area contributed by atoms with Gasteiger partial charge in [-0.25, -0.2) is 29.9 Å². The molecule has 3 fully saturated rings. The summed E-state index contributed by atoms with van der Waals surface area (Å²) in [6, 6.07) is 116. The summed E-state index contributed by atoms with van der Waals surface area (Å²) in [5.41, 5.74) is 23.5. The number of hydrogen-bond acceptors (Lipinski definition) is 12. The van der Waals surface area contributed by atoms with E-state index in [1.54, 1.807) is 0 Å². The van der Waals surface area contributed by atoms with E-state index in [2.05, 4.69) is 294 Å². The van der Waals surface area contributed by atoms with Gasteiger partial charge in [-0.3, -0.25) is 0 Å². The lowest BCUT2D eigenvalue weighted by Crippen LogP contribution is -2.41. The number of halogens is 2. The second-order valence-electron chi connectivity index (χ2n) is 40.2. The molecular formula is C117H109B3Br2N6O6. The van der Waals surface area contributed by atoms with Crippen LogP contribution in [0, 0.1) is 0 Å². The summed E-state index contributed by atoms with van der Waals surface area (Å²) in [5, 5.41) is 7.82. The van der Waals surface area contributed by atoms with E-state index in [-0.39, 0.29) is 57.0 Å². The van der Waals surface area contributed by atoms with Crippen LogP contribution in [0.1, 0.15) is 158 Å². The monoisotopic (exact) mass is 1880 g/mol. The Morgan fingerprint density at radius 1 is 0.224 bits per heavy atom. The highest BCUT2D eigenvalue weighted by molar-refractivity contribution is 9.10. The van der Waals surface area contributed by atoms with E-state index in [4.69, 9.17) is 52.8 Å². The van der Waals surface area contributed by atoms with Crippen LogP contribution >= 0.6 is 31.9 Å². The summed E-state index contributed by atoms with van der Waals surface area (Å²) in [5.74, 6) is 4.01. The average Bonchev–Trinajstić information content (AvgIpc) is 1.56. The summed E-state index contributed by atoms with van der Waals surface area (Å²) in [4.78, 5) is 28.8. The topological polar surface area (TPSA) is 133 Å². The number of fused-ring (bicyclic) bond motifs is 15. The predicted molar refractivity (Wildman–Crippen MR) is 559 cm³/mol. The highest BCUT2D eigenvalue weighted by atomic mass is 79.9. The molecule has 0 atom stereocenters. The molecule has 134 heavy (non-hydrogen) atoms. The number of rotatable bonds is 9. The third-order valence-electron chi connectivity index (χ3n) is 28.8. The second kappa shape index (κ2) is 35.0. The Morgan fingerprint density at radius 2 is 0.478 bits per heavy atom. The van der Waals surface area contributed by atoms with Crippen LogP contribution in [0.25, 0.3) is 145 Å². The Bertz CT molecular complexity index is 7150. The first-order chi connectivity index (χ1) is 64.0. The van der Waals surface area contributed by atoms with Crippen molar-refractivity contribution in [1.82, 2.24) is 29.9 Å². The van der Waals surface area contributed by atoms with Crippen molar-refractivity contribution >= 4 is 90.8 Å². The van der Waals surface area contributed by atoms with Gasteiger partial charge in [-0.15, -0.1) is 0 Å². The second-order valence-corrected chi connectivity index (χ2v) is 41.9. The van der Waals surface area contributed by atoms with E-state index in [1.165, 1.54) is 115 Å². The molecule has 3 aliphatic heterocycles. The van der Waals surface area contributed by atoms with Gasteiger partial charge in [0.2, 0.25) is 0 Å². The van der Waals surface area contributed by atoms with Gasteiger partial charge < -0.3 is 27.9 Å². The molecule has 0 amide bonds. The lowest BCUT2D eigenvalue weighted by atomic mass is 9.49. The van der Waals surface area contributed by atoms with Crippen LogP contribution in [0.3, 0.4) is 0 Å². The van der Waals surface area contributed by atoms with Gasteiger partial charge in [0.05, 0.1) is 33.6 Å². The fourth-order valence-corrected chi connectivity index (χ4v) is 20.5. The van der Waals surface area contributed by atoms with E-state index >= 15 is 0 Å². The molecular weight excluding hydrogens is 1780 g/mol. The van der Waals surface area contributed by atoms with Crippen molar-refractivity contribution < 1.29 is 27.9 Å². The molecule has 666 valence electrons. The van der Waals surface area contributed by atoms with Crippen LogP contribution in [0.2, 0.25) is 0 Å². The molecule has 3 aliphatic carbocycles. The van der Waals surface area contributed by atoms with Gasteiger partial charge in [0, 0.05) is 64.1 Å². The zero-order valence-corrected chi connectivity index (χ0v) is 82.5. The Hall–Kier alpha value is -12.0. The summed E-state index contributed by atoms with van der Waals surface area (Å²) in [6.07, 6.45) is 0. The van der Waals surface area contributed by atoms with Gasteiger partial charge >= 0.3 is 21.1 Å². The molecule has 2 aromatic heterocycles. The number of nitrogens with zero attached hydrogens (tertiary/aromatic N) is 6. The minimum atomic E-state index is -0.476. The molecule has 0 bridgehead atoms. The molecule has 5 heterocycles. The van der Waals surface area contributed by atoms with Crippen LogP contribution < -0.4 is 5.46 Å². The van der Waals surface area contributed by atoms with E-state index in [9.17, 15) is 0 Å². The van der Waals surface area contributed by atoms with Crippen molar-refractivity contribution in [2.24, 2.45) is 0 Å². The van der Waals surface area contributed by atoms with Crippen molar-refractivity contribution in [3.63, 3.8) is 0 Å². The fraction of sp³-hybridized carbons (Fsp3) is 0.231. The largest absolute Gasteiger partial charge is 0.495 e. The van der Waals surface area contributed by atoms with Crippen molar-refractivity contribution in [2.45, 2.75) is 174 Å². The van der Waals surface area contributed by atoms with E-state index in [0.29, 0.717) is 34.9 Å². The van der Waals surface area contributed by atoms with Crippen molar-refractivity contribution in [2.75, 3.05) is 0 Å². The molecule has 6 aliphatic rings. The third-order valence-corrected chi connectivity index (χ3v) is 30.0. The maximum absolute atomic E-state index is 6.49. The molecule has 0 N–H and O–H groups in total. The normalized spacial score (nSPS) is 17.1. The zero-order valence-electron chi connectivity index (χ0n) is 79.4. The van der Waals surface area contributed by atoms with Gasteiger partial charge in [-0.2, -0.15) is 0 Å². The molecule has 15 aromatic carbocycles. The van der Waals surface area contributed by atoms with Crippen LogP contribution in [-0.2, 0) is 44.2 Å². The molecule has 0 unspecified atom stereocenters. The summed E-state index contributed by atoms with van der Waals surface area (Å²) in [6.45, 7) is 38.7. The minimum absolute atomic E-state index is 0.0509. The molecule has 17 heteroatoms. The van der Waals surface area contributed by atoms with Gasteiger partial charge in [0.1, 0.15) is 0 Å². The van der Waals surface area contributed by atoms with Crippen LogP contribution in [0.5, 0.6) is 0 Å². The standard InChI is InChI=1S/C40H29N3.C25H27BO2.C21H14BrN3.C19H15Br.C12H24B2O4/c1-40(2)34-20-12-11-19-32(34)35-33(25-30-17-9-10-18-31(30)36(35)40)26-21-23-29(24-22-26)39-42-37(27-13-5-3-6-14-27)41-38(43-39)28-15-7-4-8-16-28;1-23(2)19-14-10-9-13-18(19)21-20(26-27-24(3,4)25(5,6)28-26)15-16-11-7-8-12-17(16)22(21)23;22-18-13-11-17(12-14-18)21-24-19(15-7-3-1-4-8-15)23-20(25-21)16-9-5-2-6-10-16;1-19(2)15-10-6-5-9-14(15)17-16(20)11-12-7-3-4-8-13(12)18(17)19;1-9(2)10(3,4)16-13(15-9)14-17-11(5,6)12(7,8)18-14/h3-25H,1-2H3;7-15H,1-6H3;1-14H;3-11H,1-2H3;1-8H3. The first kappa shape index (κ1) is 91.1. The molecule has 17 aromatic rings. The van der Waals surface area contributed by atoms with Gasteiger partial charge in [-0.1, -0.05) is 383 Å². The smallest absolute Gasteiger partial charge is 0.405 e. The SMILES string of the molecule is Brc1ccc(-c2nc(-c3ccccc3)nc(-c3ccccc3)n2)cc1.CC1(C)OB(B2OC(C)(C)C(C)(C)O2)OC1(C)C.CC1(C)c2ccccc2-c2c(-c3ccc(-c4nc(-c5ccccc5)nc(-c5ccccc5)n4)cc3)cc3ccccc3c21.CC1(C)c2ccccc2-c2c(B3OC(C)(C)C(C)(C)O3)cc3ccccc3c21.CC1(C)c2ccccc2-c2c(Br)cc3ccccc3c21. The predicted octanol–water partition coefficient (Wildman–Crippen LogP) is 29.2. The summed E-state index contributed by atoms with van der Waals surface area (Å²) < 4.78 is 39.0. The molecule has 0 spiro atoms. The first-order valence-electron chi connectivity index (χ1n) is 46.3. The van der Waals surface area contributed by atoms with E-state index < -0.39 is 14.0 Å². The third kappa shape index (κ3) is 16.7. The maximum Gasteiger partial charge on any atom is 0.495 e. The Labute approximate surface area is 805 Å². The highest BCUT2D eigenvalue weighted by Gasteiger charge is 2.64. The summed E-state index contributed by atoms with van der Waals surface area (Å²) in [7, 11) is -1.32. The van der Waals surface area contributed by atoms with Crippen molar-refractivity contribution in [3.8, 4) is 113 Å².